The summed E-state index contributed by atoms with van der Waals surface area (Å²) in [4.78, 5) is 16.8. The van der Waals surface area contributed by atoms with Crippen LogP contribution in [0, 0.1) is 0 Å². The van der Waals surface area contributed by atoms with Crippen LogP contribution >= 0.6 is 0 Å². The third-order valence-corrected chi connectivity index (χ3v) is 1.72. The molecule has 1 rings (SSSR count). The molecule has 6 nitrogen and oxygen atoms in total. The van der Waals surface area contributed by atoms with Gasteiger partial charge in [0.1, 0.15) is 5.69 Å². The highest BCUT2D eigenvalue weighted by Crippen LogP contribution is 1.91. The van der Waals surface area contributed by atoms with Crippen LogP contribution in [0.1, 0.15) is 10.5 Å². The number of nitrogens with zero attached hydrogens (tertiary/aromatic N) is 1. The Morgan fingerprint density at radius 1 is 1.43 bits per heavy atom. The quantitative estimate of drug-likeness (QED) is 0.651. The zero-order valence-electron chi connectivity index (χ0n) is 7.39. The molecule has 2 N–H and O–H groups in total. The van der Waals surface area contributed by atoms with Gasteiger partial charge in [-0.2, -0.15) is 0 Å². The van der Waals surface area contributed by atoms with E-state index < -0.39 is 15.9 Å². The number of hydrogen-bond acceptors (Lipinski definition) is 4. The molecule has 0 saturated carbocycles. The fourth-order valence-electron chi connectivity index (χ4n) is 0.700. The third-order valence-electron chi connectivity index (χ3n) is 1.25. The average molecular weight is 215 g/mol. The van der Waals surface area contributed by atoms with Crippen LogP contribution in [0.4, 0.5) is 0 Å². The van der Waals surface area contributed by atoms with E-state index in [2.05, 4.69) is 4.98 Å². The monoisotopic (exact) mass is 215 g/mol. The first-order chi connectivity index (χ1) is 6.49. The van der Waals surface area contributed by atoms with Crippen molar-refractivity contribution < 1.29 is 13.2 Å². The molecular weight excluding hydrogens is 206 g/mol. The molecule has 0 aliphatic heterocycles. The van der Waals surface area contributed by atoms with Crippen molar-refractivity contribution in [1.82, 2.24) is 15.2 Å². The highest BCUT2D eigenvalue weighted by atomic mass is 32.2. The topological polar surface area (TPSA) is 88.2 Å². The van der Waals surface area contributed by atoms with Gasteiger partial charge in [-0.05, 0) is 12.1 Å². The molecule has 14 heavy (non-hydrogen) atoms. The largest absolute Gasteiger partial charge is 0.284 e. The van der Waals surface area contributed by atoms with Crippen LogP contribution < -0.4 is 10.3 Å². The number of carbonyl (C=O) groups is 1. The molecule has 1 aromatic rings. The van der Waals surface area contributed by atoms with Crippen molar-refractivity contribution in [3.8, 4) is 0 Å². The molecule has 0 unspecified atom stereocenters. The number of hydrazine groups is 1. The van der Waals surface area contributed by atoms with Gasteiger partial charge in [-0.1, -0.05) is 6.07 Å². The number of sulfonamides is 1. The molecule has 1 amide bonds. The lowest BCUT2D eigenvalue weighted by molar-refractivity contribution is 0.0940. The third kappa shape index (κ3) is 3.50. The van der Waals surface area contributed by atoms with E-state index in [-0.39, 0.29) is 5.69 Å². The number of hydrogen-bond donors (Lipinski definition) is 2. The summed E-state index contributed by atoms with van der Waals surface area (Å²) in [5, 5.41) is 0. The van der Waals surface area contributed by atoms with Crippen LogP contribution in [0.2, 0.25) is 0 Å². The minimum atomic E-state index is -3.44. The van der Waals surface area contributed by atoms with Gasteiger partial charge in [0.05, 0.1) is 6.26 Å². The number of amides is 1. The lowest BCUT2D eigenvalue weighted by Crippen LogP contribution is -2.41. The first-order valence-electron chi connectivity index (χ1n) is 3.67. The lowest BCUT2D eigenvalue weighted by atomic mass is 10.3. The normalized spacial score (nSPS) is 10.9. The van der Waals surface area contributed by atoms with Gasteiger partial charge < -0.3 is 0 Å². The number of nitrogens with one attached hydrogen (secondary N) is 2. The van der Waals surface area contributed by atoms with Gasteiger partial charge in [0, 0.05) is 6.20 Å². The fourth-order valence-corrected chi connectivity index (χ4v) is 0.978. The van der Waals surface area contributed by atoms with Gasteiger partial charge >= 0.3 is 0 Å². The van der Waals surface area contributed by atoms with E-state index in [4.69, 9.17) is 0 Å². The number of rotatable bonds is 3. The number of carbonyl (C=O) groups excluding carboxylic acids is 1. The van der Waals surface area contributed by atoms with E-state index in [9.17, 15) is 13.2 Å². The zero-order valence-corrected chi connectivity index (χ0v) is 8.21. The summed E-state index contributed by atoms with van der Waals surface area (Å²) in [5.74, 6) is -0.601. The van der Waals surface area contributed by atoms with E-state index in [1.54, 1.807) is 12.1 Å². The van der Waals surface area contributed by atoms with Crippen molar-refractivity contribution in [3.63, 3.8) is 0 Å². The first-order valence-corrected chi connectivity index (χ1v) is 5.56. The Labute approximate surface area is 81.4 Å². The van der Waals surface area contributed by atoms with Gasteiger partial charge in [-0.15, -0.1) is 4.83 Å². The van der Waals surface area contributed by atoms with Crippen LogP contribution in [0.25, 0.3) is 0 Å². The summed E-state index contributed by atoms with van der Waals surface area (Å²) >= 11 is 0. The maximum atomic E-state index is 11.2. The highest BCUT2D eigenvalue weighted by Gasteiger charge is 2.07. The van der Waals surface area contributed by atoms with Gasteiger partial charge in [-0.25, -0.2) is 8.42 Å². The van der Waals surface area contributed by atoms with Crippen LogP contribution in [-0.4, -0.2) is 25.6 Å². The Kier molecular flexibility index (Phi) is 3.15. The molecule has 0 fully saturated rings. The molecule has 0 aromatic carbocycles. The molecule has 0 saturated heterocycles. The Morgan fingerprint density at radius 3 is 2.64 bits per heavy atom. The van der Waals surface area contributed by atoms with Gasteiger partial charge in [-0.3, -0.25) is 15.2 Å². The van der Waals surface area contributed by atoms with Gasteiger partial charge in [0.2, 0.25) is 10.0 Å². The molecule has 0 bridgehead atoms. The van der Waals surface area contributed by atoms with Crippen LogP contribution in [-0.2, 0) is 10.0 Å². The minimum Gasteiger partial charge on any atom is -0.272 e. The molecular formula is C7H9N3O3S. The molecule has 76 valence electrons. The average Bonchev–Trinajstić information content (AvgIpc) is 2.14. The van der Waals surface area contributed by atoms with Gasteiger partial charge in [0.25, 0.3) is 5.91 Å². The summed E-state index contributed by atoms with van der Waals surface area (Å²) in [6.07, 6.45) is 2.38. The van der Waals surface area contributed by atoms with Crippen LogP contribution in [0.3, 0.4) is 0 Å². The number of pyridine rings is 1. The number of aromatic nitrogens is 1. The van der Waals surface area contributed by atoms with Crippen molar-refractivity contribution in [1.29, 1.82) is 0 Å². The first kappa shape index (κ1) is 10.6. The summed E-state index contributed by atoms with van der Waals surface area (Å²) in [6, 6.07) is 4.75. The summed E-state index contributed by atoms with van der Waals surface area (Å²) in [7, 11) is -3.44. The predicted molar refractivity (Wildman–Crippen MR) is 49.7 cm³/mol. The maximum absolute atomic E-state index is 11.2. The molecule has 0 atom stereocenters. The van der Waals surface area contributed by atoms with Crippen molar-refractivity contribution in [2.75, 3.05) is 6.26 Å². The Morgan fingerprint density at radius 2 is 2.14 bits per heavy atom. The molecule has 1 aromatic heterocycles. The van der Waals surface area contributed by atoms with E-state index in [1.807, 2.05) is 10.3 Å². The SMILES string of the molecule is CS(=O)(=O)NNC(=O)c1ccccn1. The van der Waals surface area contributed by atoms with Crippen LogP contribution in [0.15, 0.2) is 24.4 Å². The second kappa shape index (κ2) is 4.16. The molecule has 7 heteroatoms. The molecule has 0 aliphatic carbocycles. The second-order valence-electron chi connectivity index (χ2n) is 2.54. The Balaban J connectivity index is 2.61. The smallest absolute Gasteiger partial charge is 0.272 e. The molecule has 0 aliphatic rings. The fraction of sp³-hybridized carbons (Fsp3) is 0.143. The van der Waals surface area contributed by atoms with E-state index in [1.165, 1.54) is 12.3 Å². The minimum absolute atomic E-state index is 0.142. The zero-order chi connectivity index (χ0) is 10.6. The predicted octanol–water partition coefficient (Wildman–Crippen LogP) is -0.724. The van der Waals surface area contributed by atoms with Crippen molar-refractivity contribution >= 4 is 15.9 Å². The highest BCUT2D eigenvalue weighted by molar-refractivity contribution is 7.88. The van der Waals surface area contributed by atoms with Crippen molar-refractivity contribution in [3.05, 3.63) is 30.1 Å². The maximum Gasteiger partial charge on any atom is 0.284 e. The summed E-state index contributed by atoms with van der Waals surface area (Å²) < 4.78 is 21.2. The standard InChI is InChI=1S/C7H9N3O3S/c1-14(12,13)10-9-7(11)6-4-2-3-5-8-6/h2-5,10H,1H3,(H,9,11). The molecule has 0 spiro atoms. The second-order valence-corrected chi connectivity index (χ2v) is 4.29. The Bertz CT molecular complexity index is 415. The van der Waals surface area contributed by atoms with E-state index in [0.29, 0.717) is 0 Å². The van der Waals surface area contributed by atoms with Gasteiger partial charge in [0.15, 0.2) is 0 Å². The molecule has 0 radical (unpaired) electrons. The molecule has 1 heterocycles. The van der Waals surface area contributed by atoms with Crippen LogP contribution in [0.5, 0.6) is 0 Å². The lowest BCUT2D eigenvalue weighted by Gasteiger charge is -2.03. The Hall–Kier alpha value is -1.47. The summed E-state index contributed by atoms with van der Waals surface area (Å²) in [6.45, 7) is 0. The van der Waals surface area contributed by atoms with E-state index in [0.717, 1.165) is 6.26 Å². The summed E-state index contributed by atoms with van der Waals surface area (Å²) in [5.41, 5.74) is 2.14. The van der Waals surface area contributed by atoms with Crippen molar-refractivity contribution in [2.45, 2.75) is 0 Å². The van der Waals surface area contributed by atoms with Crippen molar-refractivity contribution in [2.24, 2.45) is 0 Å². The van der Waals surface area contributed by atoms with E-state index >= 15 is 0 Å².